The molecule has 0 spiro atoms. The van der Waals surface area contributed by atoms with Crippen LogP contribution in [0.1, 0.15) is 16.8 Å². The molecule has 0 aliphatic rings. The van der Waals surface area contributed by atoms with Crippen LogP contribution >= 0.6 is 0 Å². The number of aromatic nitrogens is 1. The Hall–Kier alpha value is -1.74. The second kappa shape index (κ2) is 4.63. The summed E-state index contributed by atoms with van der Waals surface area (Å²) in [5, 5.41) is 9.09. The van der Waals surface area contributed by atoms with Gasteiger partial charge in [-0.15, -0.1) is 0 Å². The van der Waals surface area contributed by atoms with Crippen molar-refractivity contribution in [3.05, 3.63) is 53.1 Å². The largest absolute Gasteiger partial charge is 0.392 e. The number of aliphatic hydroxyl groups is 1. The summed E-state index contributed by atoms with van der Waals surface area (Å²) in [6, 6.07) is 6.50. The molecule has 0 saturated carbocycles. The summed E-state index contributed by atoms with van der Waals surface area (Å²) in [4.78, 5) is 4.17. The predicted molar refractivity (Wildman–Crippen MR) is 65.0 cm³/mol. The summed E-state index contributed by atoms with van der Waals surface area (Å²) in [7, 11) is 0. The minimum atomic E-state index is -0.282. The fourth-order valence-electron chi connectivity index (χ4n) is 1.80. The Morgan fingerprint density at radius 1 is 1.18 bits per heavy atom. The number of pyridine rings is 1. The second-order valence-corrected chi connectivity index (χ2v) is 4.11. The van der Waals surface area contributed by atoms with Crippen molar-refractivity contribution in [3.63, 3.8) is 0 Å². The van der Waals surface area contributed by atoms with E-state index >= 15 is 0 Å². The molecule has 1 N–H and O–H groups in total. The molecule has 2 aromatic rings. The number of benzene rings is 1. The molecule has 0 atom stereocenters. The van der Waals surface area contributed by atoms with Gasteiger partial charge in [0.15, 0.2) is 0 Å². The quantitative estimate of drug-likeness (QED) is 0.861. The highest BCUT2D eigenvalue weighted by Gasteiger charge is 2.09. The van der Waals surface area contributed by atoms with Gasteiger partial charge >= 0.3 is 0 Å². The molecule has 1 aromatic carbocycles. The summed E-state index contributed by atoms with van der Waals surface area (Å²) in [5.74, 6) is -0.282. The maximum Gasteiger partial charge on any atom is 0.131 e. The highest BCUT2D eigenvalue weighted by atomic mass is 19.1. The number of nitrogens with zero attached hydrogens (tertiary/aromatic N) is 1. The Morgan fingerprint density at radius 3 is 2.65 bits per heavy atom. The van der Waals surface area contributed by atoms with Crippen LogP contribution in [-0.4, -0.2) is 10.1 Å². The fourth-order valence-corrected chi connectivity index (χ4v) is 1.80. The van der Waals surface area contributed by atoms with Crippen molar-refractivity contribution in [2.75, 3.05) is 0 Å². The first-order chi connectivity index (χ1) is 8.11. The number of aryl methyl sites for hydroxylation is 2. The lowest BCUT2D eigenvalue weighted by Crippen LogP contribution is -1.93. The fraction of sp³-hybridized carbons (Fsp3) is 0.214. The molecule has 88 valence electrons. The first-order valence-electron chi connectivity index (χ1n) is 5.44. The van der Waals surface area contributed by atoms with Gasteiger partial charge in [0, 0.05) is 17.5 Å². The Balaban J connectivity index is 2.62. The molecule has 0 fully saturated rings. The van der Waals surface area contributed by atoms with E-state index in [0.717, 1.165) is 16.8 Å². The van der Waals surface area contributed by atoms with E-state index in [1.165, 1.54) is 6.07 Å². The van der Waals surface area contributed by atoms with Crippen LogP contribution in [0.5, 0.6) is 0 Å². The molecule has 1 aromatic heterocycles. The average molecular weight is 231 g/mol. The number of rotatable bonds is 2. The van der Waals surface area contributed by atoms with Gasteiger partial charge in [-0.2, -0.15) is 0 Å². The molecule has 0 aliphatic heterocycles. The average Bonchev–Trinajstić information content (AvgIpc) is 2.33. The lowest BCUT2D eigenvalue weighted by molar-refractivity contribution is 0.282. The monoisotopic (exact) mass is 231 g/mol. The van der Waals surface area contributed by atoms with Crippen LogP contribution in [0.25, 0.3) is 11.1 Å². The molecule has 0 aliphatic carbocycles. The van der Waals surface area contributed by atoms with Gasteiger partial charge in [-0.3, -0.25) is 4.98 Å². The van der Waals surface area contributed by atoms with Crippen LogP contribution in [0, 0.1) is 19.7 Å². The van der Waals surface area contributed by atoms with Crippen LogP contribution < -0.4 is 0 Å². The molecular formula is C14H14FNO. The Bertz CT molecular complexity index is 552. The lowest BCUT2D eigenvalue weighted by atomic mass is 9.99. The SMILES string of the molecule is Cc1cc(-c2cc(CO)ccc2F)c(C)cn1. The first kappa shape index (κ1) is 11.7. The van der Waals surface area contributed by atoms with E-state index in [0.29, 0.717) is 11.1 Å². The van der Waals surface area contributed by atoms with Gasteiger partial charge in [0.1, 0.15) is 5.82 Å². The zero-order chi connectivity index (χ0) is 12.4. The molecule has 0 amide bonds. The molecule has 2 rings (SSSR count). The van der Waals surface area contributed by atoms with Gasteiger partial charge < -0.3 is 5.11 Å². The summed E-state index contributed by atoms with van der Waals surface area (Å²) in [6.07, 6.45) is 1.73. The molecule has 0 unspecified atom stereocenters. The molecule has 0 saturated heterocycles. The molecule has 17 heavy (non-hydrogen) atoms. The molecular weight excluding hydrogens is 217 g/mol. The van der Waals surface area contributed by atoms with E-state index in [1.807, 2.05) is 19.9 Å². The smallest absolute Gasteiger partial charge is 0.131 e. The minimum absolute atomic E-state index is 0.0869. The van der Waals surface area contributed by atoms with Crippen molar-refractivity contribution in [2.45, 2.75) is 20.5 Å². The van der Waals surface area contributed by atoms with Crippen molar-refractivity contribution in [2.24, 2.45) is 0 Å². The maximum atomic E-state index is 13.8. The number of halogens is 1. The van der Waals surface area contributed by atoms with Gasteiger partial charge in [0.05, 0.1) is 6.61 Å². The van der Waals surface area contributed by atoms with Gasteiger partial charge in [0.2, 0.25) is 0 Å². The normalized spacial score (nSPS) is 10.6. The van der Waals surface area contributed by atoms with Gasteiger partial charge in [-0.05, 0) is 48.7 Å². The third-order valence-corrected chi connectivity index (χ3v) is 2.74. The van der Waals surface area contributed by atoms with Crippen LogP contribution in [-0.2, 0) is 6.61 Å². The van der Waals surface area contributed by atoms with E-state index in [2.05, 4.69) is 4.98 Å². The van der Waals surface area contributed by atoms with Crippen LogP contribution in [0.4, 0.5) is 4.39 Å². The minimum Gasteiger partial charge on any atom is -0.392 e. The number of aliphatic hydroxyl groups excluding tert-OH is 1. The Labute approximate surface area is 99.8 Å². The summed E-state index contributed by atoms with van der Waals surface area (Å²) in [5.41, 5.74) is 3.81. The lowest BCUT2D eigenvalue weighted by Gasteiger charge is -2.09. The van der Waals surface area contributed by atoms with Crippen molar-refractivity contribution in [1.29, 1.82) is 0 Å². The van der Waals surface area contributed by atoms with Crippen LogP contribution in [0.2, 0.25) is 0 Å². The van der Waals surface area contributed by atoms with Gasteiger partial charge in [-0.25, -0.2) is 4.39 Å². The summed E-state index contributed by atoms with van der Waals surface area (Å²) >= 11 is 0. The maximum absolute atomic E-state index is 13.8. The van der Waals surface area contributed by atoms with Crippen LogP contribution in [0.3, 0.4) is 0 Å². The van der Waals surface area contributed by atoms with E-state index in [9.17, 15) is 4.39 Å². The second-order valence-electron chi connectivity index (χ2n) is 4.11. The van der Waals surface area contributed by atoms with Gasteiger partial charge in [0.25, 0.3) is 0 Å². The molecule has 1 heterocycles. The topological polar surface area (TPSA) is 33.1 Å². The van der Waals surface area contributed by atoms with E-state index in [4.69, 9.17) is 5.11 Å². The Kier molecular flexibility index (Phi) is 3.20. The number of hydrogen-bond acceptors (Lipinski definition) is 2. The van der Waals surface area contributed by atoms with Crippen molar-refractivity contribution in [3.8, 4) is 11.1 Å². The van der Waals surface area contributed by atoms with E-state index in [-0.39, 0.29) is 12.4 Å². The highest BCUT2D eigenvalue weighted by molar-refractivity contribution is 5.68. The third-order valence-electron chi connectivity index (χ3n) is 2.74. The van der Waals surface area contributed by atoms with Crippen molar-refractivity contribution >= 4 is 0 Å². The predicted octanol–water partition coefficient (Wildman–Crippen LogP) is 3.00. The zero-order valence-electron chi connectivity index (χ0n) is 9.87. The first-order valence-corrected chi connectivity index (χ1v) is 5.44. The van der Waals surface area contributed by atoms with E-state index in [1.54, 1.807) is 18.3 Å². The van der Waals surface area contributed by atoms with Gasteiger partial charge in [-0.1, -0.05) is 6.07 Å². The third kappa shape index (κ3) is 2.34. The van der Waals surface area contributed by atoms with Crippen molar-refractivity contribution < 1.29 is 9.50 Å². The van der Waals surface area contributed by atoms with Crippen LogP contribution in [0.15, 0.2) is 30.5 Å². The molecule has 0 bridgehead atoms. The van der Waals surface area contributed by atoms with E-state index < -0.39 is 0 Å². The molecule has 0 radical (unpaired) electrons. The standard InChI is InChI=1S/C14H14FNO/c1-9-7-16-10(2)5-12(9)13-6-11(8-17)3-4-14(13)15/h3-7,17H,8H2,1-2H3. The summed E-state index contributed by atoms with van der Waals surface area (Å²) < 4.78 is 13.8. The molecule has 3 heteroatoms. The summed E-state index contributed by atoms with van der Waals surface area (Å²) in [6.45, 7) is 3.68. The highest BCUT2D eigenvalue weighted by Crippen LogP contribution is 2.27. The Morgan fingerprint density at radius 2 is 1.94 bits per heavy atom. The molecule has 2 nitrogen and oxygen atoms in total. The zero-order valence-corrected chi connectivity index (χ0v) is 9.87. The number of hydrogen-bond donors (Lipinski definition) is 1. The van der Waals surface area contributed by atoms with Crippen molar-refractivity contribution in [1.82, 2.24) is 4.98 Å².